The standard InChI is InChI=1S/C14H22ClNO/c15-8-9-4-3-7-12(9)16-14(17)13-10-5-1-2-6-11(10)13/h9-13H,1-8H2,(H,16,17). The Morgan fingerprint density at radius 1 is 1.06 bits per heavy atom. The molecule has 17 heavy (non-hydrogen) atoms. The third-order valence-electron chi connectivity index (χ3n) is 5.14. The maximum absolute atomic E-state index is 12.2. The molecule has 0 aromatic rings. The van der Waals surface area contributed by atoms with Gasteiger partial charge in [-0.3, -0.25) is 4.79 Å². The second-order valence-electron chi connectivity index (χ2n) is 6.10. The van der Waals surface area contributed by atoms with Gasteiger partial charge in [-0.25, -0.2) is 0 Å². The van der Waals surface area contributed by atoms with Crippen molar-refractivity contribution >= 4 is 17.5 Å². The van der Waals surface area contributed by atoms with E-state index in [0.29, 0.717) is 29.7 Å². The SMILES string of the molecule is O=C(NC1CCCC1CCl)C1C2CCCCC21. The molecule has 1 N–H and O–H groups in total. The second-order valence-corrected chi connectivity index (χ2v) is 6.41. The van der Waals surface area contributed by atoms with Gasteiger partial charge in [0.2, 0.25) is 5.91 Å². The number of hydrogen-bond donors (Lipinski definition) is 1. The molecular formula is C14H22ClNO. The van der Waals surface area contributed by atoms with Gasteiger partial charge in [0.15, 0.2) is 0 Å². The highest BCUT2D eigenvalue weighted by Crippen LogP contribution is 2.55. The molecule has 0 aliphatic heterocycles. The summed E-state index contributed by atoms with van der Waals surface area (Å²) in [5, 5.41) is 3.27. The molecule has 0 aromatic heterocycles. The number of alkyl halides is 1. The van der Waals surface area contributed by atoms with E-state index in [1.807, 2.05) is 0 Å². The summed E-state index contributed by atoms with van der Waals surface area (Å²) >= 11 is 5.95. The van der Waals surface area contributed by atoms with Crippen LogP contribution in [0, 0.1) is 23.7 Å². The van der Waals surface area contributed by atoms with Crippen molar-refractivity contribution in [3.63, 3.8) is 0 Å². The molecule has 0 aromatic carbocycles. The molecule has 3 aliphatic carbocycles. The normalized spacial score (nSPS) is 44.2. The smallest absolute Gasteiger partial charge is 0.223 e. The van der Waals surface area contributed by atoms with E-state index in [1.54, 1.807) is 0 Å². The van der Waals surface area contributed by atoms with Crippen molar-refractivity contribution in [1.82, 2.24) is 5.32 Å². The van der Waals surface area contributed by atoms with Gasteiger partial charge in [0.05, 0.1) is 0 Å². The minimum absolute atomic E-state index is 0.337. The largest absolute Gasteiger partial charge is 0.353 e. The van der Waals surface area contributed by atoms with Crippen molar-refractivity contribution in [2.75, 3.05) is 5.88 Å². The zero-order chi connectivity index (χ0) is 11.8. The zero-order valence-corrected chi connectivity index (χ0v) is 11.1. The van der Waals surface area contributed by atoms with Crippen LogP contribution >= 0.6 is 11.6 Å². The van der Waals surface area contributed by atoms with Gasteiger partial charge in [0, 0.05) is 17.8 Å². The highest BCUT2D eigenvalue weighted by molar-refractivity contribution is 6.18. The van der Waals surface area contributed by atoms with Crippen LogP contribution in [0.3, 0.4) is 0 Å². The number of fused-ring (bicyclic) bond motifs is 1. The van der Waals surface area contributed by atoms with Crippen molar-refractivity contribution in [2.24, 2.45) is 23.7 Å². The maximum Gasteiger partial charge on any atom is 0.223 e. The molecule has 2 nitrogen and oxygen atoms in total. The quantitative estimate of drug-likeness (QED) is 0.772. The number of carbonyl (C=O) groups excluding carboxylic acids is 1. The first-order chi connectivity index (χ1) is 8.31. The monoisotopic (exact) mass is 255 g/mol. The number of amides is 1. The summed E-state index contributed by atoms with van der Waals surface area (Å²) in [5.74, 6) is 3.35. The first-order valence-corrected chi connectivity index (χ1v) is 7.71. The summed E-state index contributed by atoms with van der Waals surface area (Å²) in [6, 6.07) is 0.364. The van der Waals surface area contributed by atoms with Crippen molar-refractivity contribution in [1.29, 1.82) is 0 Å². The van der Waals surface area contributed by atoms with Crippen LogP contribution in [0.4, 0.5) is 0 Å². The molecular weight excluding hydrogens is 234 g/mol. The van der Waals surface area contributed by atoms with Crippen LogP contribution in [0.5, 0.6) is 0 Å². The summed E-state index contributed by atoms with van der Waals surface area (Å²) in [6.45, 7) is 0. The molecule has 1 amide bonds. The molecule has 3 fully saturated rings. The molecule has 0 spiro atoms. The average Bonchev–Trinajstić information content (AvgIpc) is 2.92. The van der Waals surface area contributed by atoms with E-state index in [0.717, 1.165) is 18.3 Å². The number of rotatable bonds is 3. The third-order valence-corrected chi connectivity index (χ3v) is 5.54. The summed E-state index contributed by atoms with van der Waals surface area (Å²) in [4.78, 5) is 12.2. The lowest BCUT2D eigenvalue weighted by Gasteiger charge is -2.18. The molecule has 0 heterocycles. The Balaban J connectivity index is 1.54. The van der Waals surface area contributed by atoms with E-state index >= 15 is 0 Å². The van der Waals surface area contributed by atoms with Crippen molar-refractivity contribution in [3.05, 3.63) is 0 Å². The molecule has 3 saturated carbocycles. The topological polar surface area (TPSA) is 29.1 Å². The highest BCUT2D eigenvalue weighted by atomic mass is 35.5. The Kier molecular flexibility index (Phi) is 3.34. The minimum atomic E-state index is 0.337. The maximum atomic E-state index is 12.2. The van der Waals surface area contributed by atoms with Crippen LogP contribution in [0.25, 0.3) is 0 Å². The predicted octanol–water partition coefficient (Wildman–Crippen LogP) is 2.95. The van der Waals surface area contributed by atoms with Crippen LogP contribution in [-0.4, -0.2) is 17.8 Å². The van der Waals surface area contributed by atoms with Gasteiger partial charge < -0.3 is 5.32 Å². The van der Waals surface area contributed by atoms with Gasteiger partial charge in [0.25, 0.3) is 0 Å². The number of nitrogens with one attached hydrogen (secondary N) is 1. The molecule has 96 valence electrons. The van der Waals surface area contributed by atoms with Gasteiger partial charge in [-0.15, -0.1) is 11.6 Å². The average molecular weight is 256 g/mol. The Morgan fingerprint density at radius 3 is 2.41 bits per heavy atom. The molecule has 3 aliphatic rings. The van der Waals surface area contributed by atoms with Gasteiger partial charge in [0.1, 0.15) is 0 Å². The summed E-state index contributed by atoms with van der Waals surface area (Å²) < 4.78 is 0. The number of carbonyl (C=O) groups is 1. The molecule has 3 rings (SSSR count). The van der Waals surface area contributed by atoms with Crippen LogP contribution in [0.1, 0.15) is 44.9 Å². The summed E-state index contributed by atoms with van der Waals surface area (Å²) in [5.41, 5.74) is 0. The van der Waals surface area contributed by atoms with E-state index in [2.05, 4.69) is 5.32 Å². The van der Waals surface area contributed by atoms with Gasteiger partial charge in [-0.1, -0.05) is 19.3 Å². The second kappa shape index (κ2) is 4.79. The Morgan fingerprint density at radius 2 is 1.76 bits per heavy atom. The molecule has 4 unspecified atom stereocenters. The van der Waals surface area contributed by atoms with Crippen LogP contribution in [0.2, 0.25) is 0 Å². The minimum Gasteiger partial charge on any atom is -0.353 e. The fraction of sp³-hybridized carbons (Fsp3) is 0.929. The van der Waals surface area contributed by atoms with E-state index in [9.17, 15) is 4.79 Å². The van der Waals surface area contributed by atoms with Crippen LogP contribution in [-0.2, 0) is 4.79 Å². The number of halogens is 1. The van der Waals surface area contributed by atoms with Gasteiger partial charge in [-0.2, -0.15) is 0 Å². The summed E-state index contributed by atoms with van der Waals surface area (Å²) in [7, 11) is 0. The van der Waals surface area contributed by atoms with Gasteiger partial charge >= 0.3 is 0 Å². The highest BCUT2D eigenvalue weighted by Gasteiger charge is 2.55. The first kappa shape index (κ1) is 11.8. The lowest BCUT2D eigenvalue weighted by atomic mass is 10.0. The Bertz CT molecular complexity index is 295. The molecule has 0 bridgehead atoms. The van der Waals surface area contributed by atoms with Crippen molar-refractivity contribution < 1.29 is 4.79 Å². The van der Waals surface area contributed by atoms with E-state index in [1.165, 1.54) is 38.5 Å². The fourth-order valence-corrected chi connectivity index (χ4v) is 4.44. The van der Waals surface area contributed by atoms with Crippen molar-refractivity contribution in [3.8, 4) is 0 Å². The lowest BCUT2D eigenvalue weighted by molar-refractivity contribution is -0.123. The number of hydrogen-bond acceptors (Lipinski definition) is 1. The zero-order valence-electron chi connectivity index (χ0n) is 10.3. The lowest BCUT2D eigenvalue weighted by Crippen LogP contribution is -2.39. The molecule has 0 radical (unpaired) electrons. The molecule has 3 heteroatoms. The Hall–Kier alpha value is -0.240. The van der Waals surface area contributed by atoms with Crippen LogP contribution < -0.4 is 5.32 Å². The third kappa shape index (κ3) is 2.21. The van der Waals surface area contributed by atoms with E-state index < -0.39 is 0 Å². The predicted molar refractivity (Wildman–Crippen MR) is 68.9 cm³/mol. The fourth-order valence-electron chi connectivity index (χ4n) is 4.07. The Labute approximate surface area is 108 Å². The van der Waals surface area contributed by atoms with E-state index in [-0.39, 0.29) is 0 Å². The van der Waals surface area contributed by atoms with Crippen LogP contribution in [0.15, 0.2) is 0 Å². The molecule has 0 saturated heterocycles. The summed E-state index contributed by atoms with van der Waals surface area (Å²) in [6.07, 6.45) is 8.77. The molecule has 4 atom stereocenters. The van der Waals surface area contributed by atoms with E-state index in [4.69, 9.17) is 11.6 Å². The van der Waals surface area contributed by atoms with Crippen molar-refractivity contribution in [2.45, 2.75) is 51.0 Å². The van der Waals surface area contributed by atoms with Gasteiger partial charge in [-0.05, 0) is 43.4 Å². The first-order valence-electron chi connectivity index (χ1n) is 7.17.